The predicted octanol–water partition coefficient (Wildman–Crippen LogP) is 4.19. The molecule has 2 aromatic carbocycles. The van der Waals surface area contributed by atoms with Gasteiger partial charge in [0.1, 0.15) is 17.2 Å². The van der Waals surface area contributed by atoms with Crippen LogP contribution in [0.4, 0.5) is 4.39 Å². The van der Waals surface area contributed by atoms with E-state index in [1.807, 2.05) is 13.1 Å². The summed E-state index contributed by atoms with van der Waals surface area (Å²) >= 11 is 0. The minimum Gasteiger partial charge on any atom is -0.459 e. The highest BCUT2D eigenvalue weighted by atomic mass is 19.1. The molecule has 0 fully saturated rings. The van der Waals surface area contributed by atoms with Gasteiger partial charge in [0.15, 0.2) is 0 Å². The Labute approximate surface area is 117 Å². The lowest BCUT2D eigenvalue weighted by Gasteiger charge is -2.14. The van der Waals surface area contributed by atoms with Crippen molar-refractivity contribution in [2.45, 2.75) is 13.0 Å². The van der Waals surface area contributed by atoms with Crippen molar-refractivity contribution >= 4 is 11.0 Å². The summed E-state index contributed by atoms with van der Waals surface area (Å²) < 4.78 is 19.1. The summed E-state index contributed by atoms with van der Waals surface area (Å²) in [6.45, 7) is 2.06. The summed E-state index contributed by atoms with van der Waals surface area (Å²) in [5.74, 6) is 0.540. The molecular formula is C17H16FNO. The van der Waals surface area contributed by atoms with E-state index in [1.165, 1.54) is 17.7 Å². The summed E-state index contributed by atoms with van der Waals surface area (Å²) in [5, 5.41) is 4.03. The fourth-order valence-corrected chi connectivity index (χ4v) is 2.41. The van der Waals surface area contributed by atoms with Gasteiger partial charge in [-0.3, -0.25) is 0 Å². The Morgan fingerprint density at radius 3 is 2.50 bits per heavy atom. The van der Waals surface area contributed by atoms with Crippen LogP contribution < -0.4 is 5.32 Å². The van der Waals surface area contributed by atoms with E-state index in [0.717, 1.165) is 16.7 Å². The zero-order chi connectivity index (χ0) is 14.1. The van der Waals surface area contributed by atoms with Crippen molar-refractivity contribution in [3.05, 3.63) is 71.2 Å². The zero-order valence-electron chi connectivity index (χ0n) is 11.5. The van der Waals surface area contributed by atoms with Gasteiger partial charge >= 0.3 is 0 Å². The molecule has 0 amide bonds. The molecule has 0 spiro atoms. The predicted molar refractivity (Wildman–Crippen MR) is 78.3 cm³/mol. The van der Waals surface area contributed by atoms with E-state index in [4.69, 9.17) is 4.42 Å². The van der Waals surface area contributed by atoms with Crippen molar-refractivity contribution in [1.82, 2.24) is 5.32 Å². The molecule has 0 aliphatic heterocycles. The number of halogens is 1. The largest absolute Gasteiger partial charge is 0.459 e. The monoisotopic (exact) mass is 269 g/mol. The molecule has 1 unspecified atom stereocenters. The number of benzene rings is 2. The average Bonchev–Trinajstić information content (AvgIpc) is 2.84. The molecule has 3 rings (SSSR count). The molecular weight excluding hydrogens is 253 g/mol. The molecule has 20 heavy (non-hydrogen) atoms. The van der Waals surface area contributed by atoms with Gasteiger partial charge in [-0.1, -0.05) is 29.8 Å². The Kier molecular flexibility index (Phi) is 3.28. The minimum absolute atomic E-state index is 0.0361. The van der Waals surface area contributed by atoms with Crippen LogP contribution in [0.2, 0.25) is 0 Å². The lowest BCUT2D eigenvalue weighted by atomic mass is 10.0. The van der Waals surface area contributed by atoms with E-state index in [-0.39, 0.29) is 11.9 Å². The summed E-state index contributed by atoms with van der Waals surface area (Å²) in [7, 11) is 1.89. The molecule has 0 aliphatic carbocycles. The van der Waals surface area contributed by atoms with Gasteiger partial charge in [0.05, 0.1) is 6.04 Å². The standard InChI is InChI=1S/C17H16FNO/c1-11-3-5-12(6-4-11)17(19-2)16-10-13-9-14(18)7-8-15(13)20-16/h3-10,17,19H,1-2H3. The third-order valence-electron chi connectivity index (χ3n) is 3.48. The Morgan fingerprint density at radius 1 is 1.05 bits per heavy atom. The van der Waals surface area contributed by atoms with E-state index in [9.17, 15) is 4.39 Å². The SMILES string of the molecule is CNC(c1ccc(C)cc1)c1cc2cc(F)ccc2o1. The molecule has 0 saturated heterocycles. The molecule has 0 aliphatic rings. The number of furan rings is 1. The topological polar surface area (TPSA) is 25.2 Å². The zero-order valence-corrected chi connectivity index (χ0v) is 11.5. The fraction of sp³-hybridized carbons (Fsp3) is 0.176. The lowest BCUT2D eigenvalue weighted by molar-refractivity contribution is 0.491. The number of hydrogen-bond acceptors (Lipinski definition) is 2. The minimum atomic E-state index is -0.249. The molecule has 1 atom stereocenters. The van der Waals surface area contributed by atoms with Gasteiger partial charge in [0.2, 0.25) is 0 Å². The van der Waals surface area contributed by atoms with Crippen molar-refractivity contribution < 1.29 is 8.81 Å². The van der Waals surface area contributed by atoms with Crippen molar-refractivity contribution in [1.29, 1.82) is 0 Å². The molecule has 2 nitrogen and oxygen atoms in total. The summed E-state index contributed by atoms with van der Waals surface area (Å²) in [6.07, 6.45) is 0. The summed E-state index contributed by atoms with van der Waals surface area (Å²) in [4.78, 5) is 0. The van der Waals surface area contributed by atoms with Gasteiger partial charge in [-0.05, 0) is 43.8 Å². The number of fused-ring (bicyclic) bond motifs is 1. The Morgan fingerprint density at radius 2 is 1.80 bits per heavy atom. The van der Waals surface area contributed by atoms with Crippen LogP contribution >= 0.6 is 0 Å². The molecule has 1 N–H and O–H groups in total. The van der Waals surface area contributed by atoms with E-state index in [1.54, 1.807) is 6.07 Å². The van der Waals surface area contributed by atoms with Gasteiger partial charge in [0, 0.05) is 5.39 Å². The second-order valence-electron chi connectivity index (χ2n) is 4.96. The maximum absolute atomic E-state index is 13.2. The second-order valence-corrected chi connectivity index (χ2v) is 4.96. The first-order valence-corrected chi connectivity index (χ1v) is 6.60. The van der Waals surface area contributed by atoms with Crippen LogP contribution in [0.1, 0.15) is 22.9 Å². The third kappa shape index (κ3) is 2.32. The molecule has 0 saturated carbocycles. The third-order valence-corrected chi connectivity index (χ3v) is 3.48. The van der Waals surface area contributed by atoms with Crippen LogP contribution in [0.5, 0.6) is 0 Å². The Balaban J connectivity index is 2.04. The maximum Gasteiger partial charge on any atom is 0.134 e. The average molecular weight is 269 g/mol. The highest BCUT2D eigenvalue weighted by Gasteiger charge is 2.16. The molecule has 0 radical (unpaired) electrons. The number of hydrogen-bond donors (Lipinski definition) is 1. The van der Waals surface area contributed by atoms with E-state index >= 15 is 0 Å². The van der Waals surface area contributed by atoms with Crippen LogP contribution in [-0.2, 0) is 0 Å². The van der Waals surface area contributed by atoms with Crippen molar-refractivity contribution in [2.75, 3.05) is 7.05 Å². The van der Waals surface area contributed by atoms with Crippen LogP contribution in [0.25, 0.3) is 11.0 Å². The molecule has 0 bridgehead atoms. The van der Waals surface area contributed by atoms with Gasteiger partial charge in [-0.25, -0.2) is 4.39 Å². The van der Waals surface area contributed by atoms with Gasteiger partial charge in [-0.2, -0.15) is 0 Å². The fourth-order valence-electron chi connectivity index (χ4n) is 2.41. The van der Waals surface area contributed by atoms with Crippen LogP contribution in [-0.4, -0.2) is 7.05 Å². The first kappa shape index (κ1) is 12.9. The summed E-state index contributed by atoms with van der Waals surface area (Å²) in [6, 6.07) is 14.7. The van der Waals surface area contributed by atoms with Gasteiger partial charge < -0.3 is 9.73 Å². The second kappa shape index (κ2) is 5.10. The maximum atomic E-state index is 13.2. The van der Waals surface area contributed by atoms with Crippen molar-refractivity contribution in [3.8, 4) is 0 Å². The van der Waals surface area contributed by atoms with Crippen LogP contribution in [0.3, 0.4) is 0 Å². The highest BCUT2D eigenvalue weighted by molar-refractivity contribution is 5.78. The Bertz CT molecular complexity index is 730. The number of aryl methyl sites for hydroxylation is 1. The first-order chi connectivity index (χ1) is 9.67. The smallest absolute Gasteiger partial charge is 0.134 e. The normalized spacial score (nSPS) is 12.8. The van der Waals surface area contributed by atoms with Crippen molar-refractivity contribution in [2.24, 2.45) is 0 Å². The quantitative estimate of drug-likeness (QED) is 0.771. The van der Waals surface area contributed by atoms with E-state index < -0.39 is 0 Å². The molecule has 1 aromatic heterocycles. The van der Waals surface area contributed by atoms with E-state index in [0.29, 0.717) is 5.58 Å². The molecule has 3 aromatic rings. The van der Waals surface area contributed by atoms with Crippen LogP contribution in [0.15, 0.2) is 52.9 Å². The molecule has 1 heterocycles. The number of rotatable bonds is 3. The van der Waals surface area contributed by atoms with Crippen molar-refractivity contribution in [3.63, 3.8) is 0 Å². The highest BCUT2D eigenvalue weighted by Crippen LogP contribution is 2.28. The van der Waals surface area contributed by atoms with Gasteiger partial charge in [0.25, 0.3) is 0 Å². The summed E-state index contributed by atoms with van der Waals surface area (Å²) in [5.41, 5.74) is 3.04. The van der Waals surface area contributed by atoms with Crippen LogP contribution in [0, 0.1) is 12.7 Å². The van der Waals surface area contributed by atoms with E-state index in [2.05, 4.69) is 36.5 Å². The number of nitrogens with one attached hydrogen (secondary N) is 1. The molecule has 102 valence electrons. The first-order valence-electron chi connectivity index (χ1n) is 6.60. The Hall–Kier alpha value is -2.13. The molecule has 3 heteroatoms. The van der Waals surface area contributed by atoms with Gasteiger partial charge in [-0.15, -0.1) is 0 Å². The lowest BCUT2D eigenvalue weighted by Crippen LogP contribution is -2.16.